The quantitative estimate of drug-likeness (QED) is 0.523. The summed E-state index contributed by atoms with van der Waals surface area (Å²) in [6.45, 7) is 6.62. The van der Waals surface area contributed by atoms with Crippen LogP contribution in [0.4, 0.5) is 0 Å². The van der Waals surface area contributed by atoms with E-state index >= 15 is 0 Å². The Kier molecular flexibility index (Phi) is 2.12. The molecule has 2 aliphatic rings. The summed E-state index contributed by atoms with van der Waals surface area (Å²) in [6, 6.07) is 0. The molecule has 54 valence electrons. The van der Waals surface area contributed by atoms with Gasteiger partial charge in [0.1, 0.15) is 0 Å². The summed E-state index contributed by atoms with van der Waals surface area (Å²) in [5.41, 5.74) is 0.833. The molecule has 0 aromatic rings. The fourth-order valence-corrected chi connectivity index (χ4v) is 1.51. The van der Waals surface area contributed by atoms with Crippen molar-refractivity contribution in [2.75, 3.05) is 13.1 Å². The first-order valence-electron chi connectivity index (χ1n) is 4.12. The number of hydrogen-bond donors (Lipinski definition) is 1. The van der Waals surface area contributed by atoms with Crippen LogP contribution in [0.2, 0.25) is 0 Å². The van der Waals surface area contributed by atoms with Crippen molar-refractivity contribution in [2.24, 2.45) is 5.41 Å². The Morgan fingerprint density at radius 2 is 1.67 bits per heavy atom. The van der Waals surface area contributed by atoms with Crippen LogP contribution in [0.1, 0.15) is 33.1 Å². The molecule has 1 heteroatoms. The Hall–Kier alpha value is -0.0400. The van der Waals surface area contributed by atoms with Gasteiger partial charge in [-0.05, 0) is 18.3 Å². The standard InChI is InChI=1S/C6H11N.C2H6/c1-2-6(3-1)4-7-5-6;1-2/h7H,1-5H2;1-2H3. The molecule has 1 saturated heterocycles. The van der Waals surface area contributed by atoms with Crippen molar-refractivity contribution in [3.63, 3.8) is 0 Å². The van der Waals surface area contributed by atoms with Gasteiger partial charge < -0.3 is 5.32 Å². The van der Waals surface area contributed by atoms with Crippen LogP contribution in [0.5, 0.6) is 0 Å². The fourth-order valence-electron chi connectivity index (χ4n) is 1.51. The van der Waals surface area contributed by atoms with Gasteiger partial charge >= 0.3 is 0 Å². The molecule has 1 saturated carbocycles. The second-order valence-corrected chi connectivity index (χ2v) is 2.96. The molecule has 1 spiro atoms. The molecule has 1 N–H and O–H groups in total. The van der Waals surface area contributed by atoms with Crippen molar-refractivity contribution >= 4 is 0 Å². The topological polar surface area (TPSA) is 12.0 Å². The Balaban J connectivity index is 0.000000186. The molecule has 2 rings (SSSR count). The highest BCUT2D eigenvalue weighted by atomic mass is 15.0. The van der Waals surface area contributed by atoms with Crippen molar-refractivity contribution in [2.45, 2.75) is 33.1 Å². The molecule has 0 amide bonds. The first kappa shape index (κ1) is 7.07. The van der Waals surface area contributed by atoms with Gasteiger partial charge in [-0.2, -0.15) is 0 Å². The molecule has 0 radical (unpaired) electrons. The molecular formula is C8H17N. The van der Waals surface area contributed by atoms with Gasteiger partial charge in [0.25, 0.3) is 0 Å². The highest BCUT2D eigenvalue weighted by molar-refractivity contribution is 4.97. The van der Waals surface area contributed by atoms with Gasteiger partial charge in [-0.25, -0.2) is 0 Å². The van der Waals surface area contributed by atoms with Gasteiger partial charge in [0, 0.05) is 13.1 Å². The Labute approximate surface area is 57.8 Å². The van der Waals surface area contributed by atoms with E-state index in [0.29, 0.717) is 0 Å². The smallest absolute Gasteiger partial charge is 0.00202 e. The second kappa shape index (κ2) is 2.70. The predicted molar refractivity (Wildman–Crippen MR) is 40.5 cm³/mol. The maximum Gasteiger partial charge on any atom is 0.00202 e. The van der Waals surface area contributed by atoms with Gasteiger partial charge in [0.05, 0.1) is 0 Å². The van der Waals surface area contributed by atoms with Gasteiger partial charge in [0.15, 0.2) is 0 Å². The summed E-state index contributed by atoms with van der Waals surface area (Å²) in [7, 11) is 0. The summed E-state index contributed by atoms with van der Waals surface area (Å²) in [4.78, 5) is 0. The molecular weight excluding hydrogens is 110 g/mol. The molecule has 0 bridgehead atoms. The third-order valence-corrected chi connectivity index (χ3v) is 2.41. The lowest BCUT2D eigenvalue weighted by Crippen LogP contribution is -2.57. The zero-order chi connectivity index (χ0) is 6.74. The molecule has 0 aromatic carbocycles. The van der Waals surface area contributed by atoms with E-state index in [1.807, 2.05) is 13.8 Å². The predicted octanol–water partition coefficient (Wildman–Crippen LogP) is 1.79. The Morgan fingerprint density at radius 1 is 1.11 bits per heavy atom. The third kappa shape index (κ3) is 1.11. The van der Waals surface area contributed by atoms with Gasteiger partial charge in [0.2, 0.25) is 0 Å². The van der Waals surface area contributed by atoms with E-state index in [9.17, 15) is 0 Å². The van der Waals surface area contributed by atoms with E-state index in [2.05, 4.69) is 5.32 Å². The second-order valence-electron chi connectivity index (χ2n) is 2.96. The number of rotatable bonds is 0. The minimum atomic E-state index is 0.833. The average molecular weight is 127 g/mol. The van der Waals surface area contributed by atoms with Crippen LogP contribution in [0.3, 0.4) is 0 Å². The minimum Gasteiger partial charge on any atom is -0.316 e. The number of nitrogens with one attached hydrogen (secondary N) is 1. The average Bonchev–Trinajstić information content (AvgIpc) is 1.63. The molecule has 2 fully saturated rings. The van der Waals surface area contributed by atoms with Crippen LogP contribution in [0.25, 0.3) is 0 Å². The highest BCUT2D eigenvalue weighted by Crippen LogP contribution is 2.43. The molecule has 1 nitrogen and oxygen atoms in total. The minimum absolute atomic E-state index is 0.833. The van der Waals surface area contributed by atoms with Crippen molar-refractivity contribution in [3.05, 3.63) is 0 Å². The van der Waals surface area contributed by atoms with Crippen molar-refractivity contribution in [1.29, 1.82) is 0 Å². The maximum atomic E-state index is 3.30. The van der Waals surface area contributed by atoms with E-state index in [-0.39, 0.29) is 0 Å². The molecule has 1 aliphatic carbocycles. The third-order valence-electron chi connectivity index (χ3n) is 2.41. The zero-order valence-electron chi connectivity index (χ0n) is 6.54. The van der Waals surface area contributed by atoms with Gasteiger partial charge in [-0.1, -0.05) is 20.3 Å². The van der Waals surface area contributed by atoms with E-state index in [0.717, 1.165) is 5.41 Å². The monoisotopic (exact) mass is 127 g/mol. The van der Waals surface area contributed by atoms with Crippen molar-refractivity contribution in [1.82, 2.24) is 5.32 Å². The van der Waals surface area contributed by atoms with Crippen molar-refractivity contribution < 1.29 is 0 Å². The first-order valence-corrected chi connectivity index (χ1v) is 4.12. The molecule has 0 aromatic heterocycles. The van der Waals surface area contributed by atoms with E-state index in [4.69, 9.17) is 0 Å². The summed E-state index contributed by atoms with van der Waals surface area (Å²) < 4.78 is 0. The molecule has 1 heterocycles. The van der Waals surface area contributed by atoms with Crippen LogP contribution in [0, 0.1) is 5.41 Å². The first-order chi connectivity index (χ1) is 4.41. The fraction of sp³-hybridized carbons (Fsp3) is 1.00. The zero-order valence-corrected chi connectivity index (χ0v) is 6.54. The highest BCUT2D eigenvalue weighted by Gasteiger charge is 2.41. The van der Waals surface area contributed by atoms with Crippen LogP contribution in [0.15, 0.2) is 0 Å². The lowest BCUT2D eigenvalue weighted by Gasteiger charge is -2.49. The largest absolute Gasteiger partial charge is 0.316 e. The number of hydrogen-bond acceptors (Lipinski definition) is 1. The van der Waals surface area contributed by atoms with Crippen molar-refractivity contribution in [3.8, 4) is 0 Å². The molecule has 9 heavy (non-hydrogen) atoms. The SMILES string of the molecule is C1CC2(C1)CNC2.CC. The van der Waals surface area contributed by atoms with Crippen LogP contribution in [-0.2, 0) is 0 Å². The summed E-state index contributed by atoms with van der Waals surface area (Å²) >= 11 is 0. The van der Waals surface area contributed by atoms with E-state index in [1.54, 1.807) is 0 Å². The van der Waals surface area contributed by atoms with Gasteiger partial charge in [-0.15, -0.1) is 0 Å². The molecule has 0 unspecified atom stereocenters. The van der Waals surface area contributed by atoms with E-state index < -0.39 is 0 Å². The normalized spacial score (nSPS) is 27.3. The summed E-state index contributed by atoms with van der Waals surface area (Å²) in [6.07, 6.45) is 4.49. The maximum absolute atomic E-state index is 3.30. The van der Waals surface area contributed by atoms with Crippen LogP contribution < -0.4 is 5.32 Å². The molecule has 0 atom stereocenters. The van der Waals surface area contributed by atoms with Crippen LogP contribution in [-0.4, -0.2) is 13.1 Å². The summed E-state index contributed by atoms with van der Waals surface area (Å²) in [5, 5.41) is 3.30. The molecule has 1 aliphatic heterocycles. The van der Waals surface area contributed by atoms with Crippen LogP contribution >= 0.6 is 0 Å². The Bertz CT molecular complexity index is 65.1. The Morgan fingerprint density at radius 3 is 1.67 bits per heavy atom. The lowest BCUT2D eigenvalue weighted by molar-refractivity contribution is 0.0603. The lowest BCUT2D eigenvalue weighted by atomic mass is 9.65. The van der Waals surface area contributed by atoms with Gasteiger partial charge in [-0.3, -0.25) is 0 Å². The van der Waals surface area contributed by atoms with E-state index in [1.165, 1.54) is 32.4 Å². The summed E-state index contributed by atoms with van der Waals surface area (Å²) in [5.74, 6) is 0.